The van der Waals surface area contributed by atoms with E-state index in [1.54, 1.807) is 18.5 Å². The fourth-order valence-corrected chi connectivity index (χ4v) is 4.35. The zero-order valence-corrected chi connectivity index (χ0v) is 18.3. The van der Waals surface area contributed by atoms with Crippen LogP contribution in [0.25, 0.3) is 10.8 Å². The molecule has 2 heterocycles. The van der Waals surface area contributed by atoms with Crippen molar-refractivity contribution in [1.82, 2.24) is 20.8 Å². The summed E-state index contributed by atoms with van der Waals surface area (Å²) in [5.74, 6) is 0.309. The first-order valence-electron chi connectivity index (χ1n) is 10.9. The van der Waals surface area contributed by atoms with Gasteiger partial charge in [0.1, 0.15) is 24.7 Å². The number of hydrazine groups is 1. The Morgan fingerprint density at radius 1 is 1.12 bits per heavy atom. The van der Waals surface area contributed by atoms with Crippen LogP contribution >= 0.6 is 0 Å². The van der Waals surface area contributed by atoms with Gasteiger partial charge in [0.25, 0.3) is 5.91 Å². The van der Waals surface area contributed by atoms with Gasteiger partial charge in [0.2, 0.25) is 5.91 Å². The largest absolute Gasteiger partial charge is 0.497 e. The number of amides is 2. The van der Waals surface area contributed by atoms with Crippen molar-refractivity contribution in [2.24, 2.45) is 5.10 Å². The van der Waals surface area contributed by atoms with E-state index < -0.39 is 6.04 Å². The summed E-state index contributed by atoms with van der Waals surface area (Å²) in [5.41, 5.74) is 5.48. The Morgan fingerprint density at radius 3 is 2.73 bits per heavy atom. The van der Waals surface area contributed by atoms with E-state index in [4.69, 9.17) is 4.74 Å². The quantitative estimate of drug-likeness (QED) is 0.612. The number of nitrogens with zero attached hydrogens (tertiary/aromatic N) is 3. The molecule has 0 radical (unpaired) electrons. The van der Waals surface area contributed by atoms with Gasteiger partial charge < -0.3 is 10.1 Å². The van der Waals surface area contributed by atoms with E-state index in [1.807, 2.05) is 42.5 Å². The maximum Gasteiger partial charge on any atom is 0.267 e. The highest BCUT2D eigenvalue weighted by Gasteiger charge is 2.41. The minimum absolute atomic E-state index is 0.0136. The van der Waals surface area contributed by atoms with Gasteiger partial charge in [-0.1, -0.05) is 54.6 Å². The molecule has 3 aromatic rings. The zero-order valence-electron chi connectivity index (χ0n) is 18.3. The average molecular weight is 444 g/mol. The van der Waals surface area contributed by atoms with Crippen molar-refractivity contribution in [3.63, 3.8) is 0 Å². The molecule has 0 aromatic heterocycles. The van der Waals surface area contributed by atoms with Crippen molar-refractivity contribution in [2.75, 3.05) is 13.7 Å². The van der Waals surface area contributed by atoms with Crippen molar-refractivity contribution < 1.29 is 14.3 Å². The Hall–Kier alpha value is -3.91. The minimum Gasteiger partial charge on any atom is -0.497 e. The summed E-state index contributed by atoms with van der Waals surface area (Å²) in [7, 11) is 1.61. The lowest BCUT2D eigenvalue weighted by Gasteiger charge is -2.29. The van der Waals surface area contributed by atoms with E-state index in [0.717, 1.165) is 27.6 Å². The summed E-state index contributed by atoms with van der Waals surface area (Å²) >= 11 is 0. The summed E-state index contributed by atoms with van der Waals surface area (Å²) in [6, 6.07) is 21.5. The van der Waals surface area contributed by atoms with Crippen LogP contribution in [0.4, 0.5) is 0 Å². The van der Waals surface area contributed by atoms with Gasteiger partial charge in [-0.15, -0.1) is 0 Å². The number of benzene rings is 3. The van der Waals surface area contributed by atoms with Crippen LogP contribution in [0.5, 0.6) is 5.75 Å². The minimum atomic E-state index is -0.402. The zero-order chi connectivity index (χ0) is 22.8. The Balaban J connectivity index is 1.21. The van der Waals surface area contributed by atoms with Crippen molar-refractivity contribution in [3.8, 4) is 5.75 Å². The Bertz CT molecular complexity index is 1200. The summed E-state index contributed by atoms with van der Waals surface area (Å²) in [6.07, 6.45) is 2.19. The first kappa shape index (κ1) is 21.0. The lowest BCUT2D eigenvalue weighted by Crippen LogP contribution is -2.52. The number of hydrogen-bond donors (Lipinski definition) is 2. The molecule has 2 aliphatic rings. The summed E-state index contributed by atoms with van der Waals surface area (Å²) in [6.45, 7) is 0.254. The maximum absolute atomic E-state index is 13.1. The Morgan fingerprint density at radius 2 is 1.91 bits per heavy atom. The second-order valence-corrected chi connectivity index (χ2v) is 8.16. The summed E-state index contributed by atoms with van der Waals surface area (Å²) in [4.78, 5) is 25.5. The van der Waals surface area contributed by atoms with Crippen molar-refractivity contribution >= 4 is 28.9 Å². The Kier molecular flexibility index (Phi) is 5.66. The molecule has 1 saturated heterocycles. The molecule has 8 heteroatoms. The standard InChI is InChI=1S/C25H25N5O3/c1-33-19-11-9-17(10-12-19)14-26-24(31)15-29-25(32)23-13-22(28-30(23)16-27-29)21-8-4-6-18-5-2-3-7-20(18)21/h2-12,16,22-23,28H,13-15H2,1H3,(H,26,31). The molecule has 2 aliphatic heterocycles. The van der Waals surface area contributed by atoms with Gasteiger partial charge >= 0.3 is 0 Å². The SMILES string of the molecule is COc1ccc(CNC(=O)CN2N=CN3NC(c4cccc5ccccc45)CC3C2=O)cc1. The predicted molar refractivity (Wildman–Crippen MR) is 125 cm³/mol. The van der Waals surface area contributed by atoms with Crippen LogP contribution in [0.1, 0.15) is 23.6 Å². The smallest absolute Gasteiger partial charge is 0.267 e. The number of fused-ring (bicyclic) bond motifs is 2. The molecule has 3 aromatic carbocycles. The van der Waals surface area contributed by atoms with Crippen molar-refractivity contribution in [3.05, 3.63) is 77.9 Å². The van der Waals surface area contributed by atoms with Crippen LogP contribution < -0.4 is 15.5 Å². The molecule has 5 rings (SSSR count). The maximum atomic E-state index is 13.1. The predicted octanol–water partition coefficient (Wildman–Crippen LogP) is 2.57. The lowest BCUT2D eigenvalue weighted by molar-refractivity contribution is -0.140. The summed E-state index contributed by atoms with van der Waals surface area (Å²) < 4.78 is 5.14. The monoisotopic (exact) mass is 443 g/mol. The number of carbonyl (C=O) groups is 2. The molecular weight excluding hydrogens is 418 g/mol. The number of carbonyl (C=O) groups excluding carboxylic acids is 2. The van der Waals surface area contributed by atoms with E-state index in [1.165, 1.54) is 5.01 Å². The molecule has 0 saturated carbocycles. The molecule has 8 nitrogen and oxygen atoms in total. The number of methoxy groups -OCH3 is 1. The number of rotatable bonds is 6. The molecule has 0 spiro atoms. The normalized spacial score (nSPS) is 19.6. The van der Waals surface area contributed by atoms with Crippen molar-refractivity contribution in [1.29, 1.82) is 0 Å². The van der Waals surface area contributed by atoms with Gasteiger partial charge in [0.05, 0.1) is 13.2 Å². The fourth-order valence-electron chi connectivity index (χ4n) is 4.35. The Labute approximate surface area is 191 Å². The molecule has 1 fully saturated rings. The molecule has 0 aliphatic carbocycles. The van der Waals surface area contributed by atoms with Crippen LogP contribution in [-0.4, -0.2) is 47.9 Å². The molecule has 0 bridgehead atoms. The second-order valence-electron chi connectivity index (χ2n) is 8.16. The summed E-state index contributed by atoms with van der Waals surface area (Å²) in [5, 5.41) is 12.4. The van der Waals surface area contributed by atoms with Crippen LogP contribution in [0.2, 0.25) is 0 Å². The van der Waals surface area contributed by atoms with Gasteiger partial charge in [-0.25, -0.2) is 10.4 Å². The van der Waals surface area contributed by atoms with Crippen LogP contribution in [-0.2, 0) is 16.1 Å². The van der Waals surface area contributed by atoms with E-state index in [9.17, 15) is 9.59 Å². The van der Waals surface area contributed by atoms with Crippen LogP contribution in [0, 0.1) is 0 Å². The third kappa shape index (κ3) is 4.25. The average Bonchev–Trinajstić information content (AvgIpc) is 3.29. The van der Waals surface area contributed by atoms with E-state index in [-0.39, 0.29) is 24.4 Å². The first-order valence-corrected chi connectivity index (χ1v) is 10.9. The lowest BCUT2D eigenvalue weighted by atomic mass is 9.96. The number of ether oxygens (including phenoxy) is 1. The molecule has 2 amide bonds. The van der Waals surface area contributed by atoms with E-state index >= 15 is 0 Å². The first-order chi connectivity index (χ1) is 16.1. The number of hydrazone groups is 1. The number of nitrogens with one attached hydrogen (secondary N) is 2. The van der Waals surface area contributed by atoms with E-state index in [2.05, 4.69) is 40.1 Å². The van der Waals surface area contributed by atoms with Crippen LogP contribution in [0.3, 0.4) is 0 Å². The molecular formula is C25H25N5O3. The molecule has 168 valence electrons. The van der Waals surface area contributed by atoms with E-state index in [0.29, 0.717) is 13.0 Å². The topological polar surface area (TPSA) is 86.3 Å². The fraction of sp³-hybridized carbons (Fsp3) is 0.240. The highest BCUT2D eigenvalue weighted by Crippen LogP contribution is 2.33. The highest BCUT2D eigenvalue weighted by atomic mass is 16.5. The number of hydrogen-bond acceptors (Lipinski definition) is 6. The van der Waals surface area contributed by atoms with Crippen LogP contribution in [0.15, 0.2) is 71.8 Å². The van der Waals surface area contributed by atoms with Crippen molar-refractivity contribution in [2.45, 2.75) is 25.0 Å². The highest BCUT2D eigenvalue weighted by molar-refractivity contribution is 5.91. The van der Waals surface area contributed by atoms with Gasteiger partial charge in [-0.3, -0.25) is 14.6 Å². The van der Waals surface area contributed by atoms with Gasteiger partial charge in [0, 0.05) is 6.54 Å². The molecule has 2 N–H and O–H groups in total. The molecule has 2 atom stereocenters. The third-order valence-corrected chi connectivity index (χ3v) is 6.10. The molecule has 2 unspecified atom stereocenters. The second kappa shape index (κ2) is 8.91. The van der Waals surface area contributed by atoms with Gasteiger partial charge in [-0.05, 0) is 40.5 Å². The van der Waals surface area contributed by atoms with Gasteiger partial charge in [0.15, 0.2) is 0 Å². The molecule has 33 heavy (non-hydrogen) atoms. The van der Waals surface area contributed by atoms with Gasteiger partial charge in [-0.2, -0.15) is 5.10 Å². The third-order valence-electron chi connectivity index (χ3n) is 6.10.